The van der Waals surface area contributed by atoms with Gasteiger partial charge in [0.15, 0.2) is 5.65 Å². The average molecular weight is 314 g/mol. The van der Waals surface area contributed by atoms with E-state index in [2.05, 4.69) is 25.9 Å². The summed E-state index contributed by atoms with van der Waals surface area (Å²) in [7, 11) is 0. The zero-order valence-corrected chi connectivity index (χ0v) is 12.1. The van der Waals surface area contributed by atoms with Gasteiger partial charge in [0, 0.05) is 6.04 Å². The number of nitrogens with one attached hydrogen (secondary N) is 2. The highest BCUT2D eigenvalue weighted by Crippen LogP contribution is 2.27. The molecule has 3 heterocycles. The summed E-state index contributed by atoms with van der Waals surface area (Å²) in [6.45, 7) is 3.93. The van der Waals surface area contributed by atoms with Gasteiger partial charge in [-0.25, -0.2) is 0 Å². The average Bonchev–Trinajstić information content (AvgIpc) is 2.91. The first-order valence-electron chi connectivity index (χ1n) is 7.22. The maximum absolute atomic E-state index is 12.8. The SMILES string of the molecule is CC(Nc1ccc2nnc(C(F)(F)F)n2n1)C1CCCNC1. The van der Waals surface area contributed by atoms with Gasteiger partial charge in [0.1, 0.15) is 5.82 Å². The summed E-state index contributed by atoms with van der Waals surface area (Å²) in [6.07, 6.45) is -2.39. The van der Waals surface area contributed by atoms with E-state index in [0.29, 0.717) is 11.7 Å². The topological polar surface area (TPSA) is 67.1 Å². The molecule has 0 aliphatic carbocycles. The van der Waals surface area contributed by atoms with Crippen LogP contribution in [0.15, 0.2) is 12.1 Å². The normalized spacial score (nSPS) is 21.0. The van der Waals surface area contributed by atoms with Crippen LogP contribution in [0.4, 0.5) is 19.0 Å². The molecule has 0 radical (unpaired) electrons. The highest BCUT2D eigenvalue weighted by Gasteiger charge is 2.37. The first-order chi connectivity index (χ1) is 10.4. The Morgan fingerprint density at radius 1 is 1.36 bits per heavy atom. The van der Waals surface area contributed by atoms with Gasteiger partial charge in [-0.15, -0.1) is 15.3 Å². The highest BCUT2D eigenvalue weighted by molar-refractivity contribution is 5.44. The Morgan fingerprint density at radius 2 is 2.18 bits per heavy atom. The fourth-order valence-corrected chi connectivity index (χ4v) is 2.70. The molecular formula is C13H17F3N6. The van der Waals surface area contributed by atoms with Crippen LogP contribution in [0.25, 0.3) is 5.65 Å². The summed E-state index contributed by atoms with van der Waals surface area (Å²) in [6, 6.07) is 3.21. The van der Waals surface area contributed by atoms with Gasteiger partial charge in [-0.05, 0) is 50.9 Å². The lowest BCUT2D eigenvalue weighted by atomic mass is 9.93. The number of fused-ring (bicyclic) bond motifs is 1. The van der Waals surface area contributed by atoms with Crippen molar-refractivity contribution in [1.29, 1.82) is 0 Å². The molecule has 2 atom stereocenters. The Hall–Kier alpha value is -1.90. The largest absolute Gasteiger partial charge is 0.453 e. The van der Waals surface area contributed by atoms with Crippen LogP contribution in [0, 0.1) is 5.92 Å². The van der Waals surface area contributed by atoms with Crippen LogP contribution in [-0.4, -0.2) is 38.9 Å². The van der Waals surface area contributed by atoms with Crippen molar-refractivity contribution in [3.8, 4) is 0 Å². The first-order valence-corrected chi connectivity index (χ1v) is 7.22. The minimum atomic E-state index is -4.58. The molecule has 0 saturated carbocycles. The van der Waals surface area contributed by atoms with Crippen LogP contribution in [0.2, 0.25) is 0 Å². The van der Waals surface area contributed by atoms with Gasteiger partial charge in [0.25, 0.3) is 5.82 Å². The predicted molar refractivity (Wildman–Crippen MR) is 74.5 cm³/mol. The van der Waals surface area contributed by atoms with E-state index in [-0.39, 0.29) is 11.7 Å². The second-order valence-corrected chi connectivity index (χ2v) is 5.55. The smallest absolute Gasteiger partial charge is 0.366 e. The van der Waals surface area contributed by atoms with Crippen LogP contribution < -0.4 is 10.6 Å². The number of nitrogens with zero attached hydrogens (tertiary/aromatic N) is 4. The highest BCUT2D eigenvalue weighted by atomic mass is 19.4. The Labute approximate surface area is 125 Å². The number of alkyl halides is 3. The van der Waals surface area contributed by atoms with Gasteiger partial charge in [0.05, 0.1) is 0 Å². The van der Waals surface area contributed by atoms with E-state index < -0.39 is 12.0 Å². The van der Waals surface area contributed by atoms with Crippen molar-refractivity contribution in [2.24, 2.45) is 5.92 Å². The number of hydrogen-bond donors (Lipinski definition) is 2. The first kappa shape index (κ1) is 15.0. The molecule has 2 aromatic heterocycles. The lowest BCUT2D eigenvalue weighted by Gasteiger charge is -2.29. The Kier molecular flexibility index (Phi) is 3.90. The van der Waals surface area contributed by atoms with E-state index in [9.17, 15) is 13.2 Å². The maximum Gasteiger partial charge on any atom is 0.453 e. The monoisotopic (exact) mass is 314 g/mol. The number of anilines is 1. The summed E-state index contributed by atoms with van der Waals surface area (Å²) in [5.74, 6) is -0.303. The van der Waals surface area contributed by atoms with Gasteiger partial charge < -0.3 is 10.6 Å². The number of hydrogen-bond acceptors (Lipinski definition) is 5. The quantitative estimate of drug-likeness (QED) is 0.906. The van der Waals surface area contributed by atoms with Crippen molar-refractivity contribution in [3.05, 3.63) is 18.0 Å². The molecule has 22 heavy (non-hydrogen) atoms. The Morgan fingerprint density at radius 3 is 2.86 bits per heavy atom. The minimum absolute atomic E-state index is 0.0739. The number of piperidine rings is 1. The van der Waals surface area contributed by atoms with E-state index in [1.807, 2.05) is 6.92 Å². The molecule has 1 aliphatic rings. The predicted octanol–water partition coefficient (Wildman–Crippen LogP) is 1.94. The van der Waals surface area contributed by atoms with Crippen LogP contribution in [0.3, 0.4) is 0 Å². The van der Waals surface area contributed by atoms with Crippen LogP contribution >= 0.6 is 0 Å². The third kappa shape index (κ3) is 2.99. The molecule has 0 amide bonds. The summed E-state index contributed by atoms with van der Waals surface area (Å²) in [5, 5.41) is 17.1. The molecule has 3 rings (SSSR count). The third-order valence-corrected chi connectivity index (χ3v) is 3.93. The molecule has 1 fully saturated rings. The molecule has 2 unspecified atom stereocenters. The van der Waals surface area contributed by atoms with E-state index in [1.54, 1.807) is 6.07 Å². The van der Waals surface area contributed by atoms with E-state index in [1.165, 1.54) is 6.07 Å². The van der Waals surface area contributed by atoms with Crippen molar-refractivity contribution in [2.45, 2.75) is 32.0 Å². The van der Waals surface area contributed by atoms with Crippen molar-refractivity contribution in [1.82, 2.24) is 25.1 Å². The second-order valence-electron chi connectivity index (χ2n) is 5.55. The van der Waals surface area contributed by atoms with Gasteiger partial charge in [-0.2, -0.15) is 17.7 Å². The van der Waals surface area contributed by atoms with Crippen molar-refractivity contribution in [3.63, 3.8) is 0 Å². The van der Waals surface area contributed by atoms with Crippen molar-refractivity contribution >= 4 is 11.5 Å². The molecule has 0 aromatic carbocycles. The molecule has 120 valence electrons. The number of aromatic nitrogens is 4. The fraction of sp³-hybridized carbons (Fsp3) is 0.615. The van der Waals surface area contributed by atoms with Gasteiger partial charge in [0.2, 0.25) is 0 Å². The maximum atomic E-state index is 12.8. The van der Waals surface area contributed by atoms with E-state index in [0.717, 1.165) is 30.4 Å². The molecule has 6 nitrogen and oxygen atoms in total. The van der Waals surface area contributed by atoms with Crippen LogP contribution in [-0.2, 0) is 6.18 Å². The molecule has 0 bridgehead atoms. The van der Waals surface area contributed by atoms with Crippen LogP contribution in [0.1, 0.15) is 25.6 Å². The van der Waals surface area contributed by atoms with Gasteiger partial charge in [-0.3, -0.25) is 0 Å². The lowest BCUT2D eigenvalue weighted by molar-refractivity contribution is -0.146. The van der Waals surface area contributed by atoms with Crippen molar-refractivity contribution in [2.75, 3.05) is 18.4 Å². The summed E-state index contributed by atoms with van der Waals surface area (Å²) >= 11 is 0. The van der Waals surface area contributed by atoms with Crippen LogP contribution in [0.5, 0.6) is 0 Å². The second kappa shape index (κ2) is 5.71. The fourth-order valence-electron chi connectivity index (χ4n) is 2.70. The van der Waals surface area contributed by atoms with Gasteiger partial charge >= 0.3 is 6.18 Å². The van der Waals surface area contributed by atoms with Gasteiger partial charge in [-0.1, -0.05) is 0 Å². The zero-order chi connectivity index (χ0) is 15.7. The molecule has 1 aliphatic heterocycles. The molecule has 1 saturated heterocycles. The lowest BCUT2D eigenvalue weighted by Crippen LogP contribution is -2.39. The standard InChI is InChI=1S/C13H17F3N6/c1-8(9-3-2-6-17-7-9)18-10-4-5-11-19-20-12(13(14,15)16)22(11)21-10/h4-5,8-9,17H,2-3,6-7H2,1H3,(H,18,21). The number of rotatable bonds is 3. The van der Waals surface area contributed by atoms with E-state index >= 15 is 0 Å². The molecule has 2 N–H and O–H groups in total. The van der Waals surface area contributed by atoms with Crippen molar-refractivity contribution < 1.29 is 13.2 Å². The molecule has 9 heteroatoms. The summed E-state index contributed by atoms with van der Waals surface area (Å²) in [4.78, 5) is 0. The Bertz CT molecular complexity index is 647. The summed E-state index contributed by atoms with van der Waals surface area (Å²) in [5.41, 5.74) is 0.0739. The third-order valence-electron chi connectivity index (χ3n) is 3.93. The Balaban J connectivity index is 1.82. The summed E-state index contributed by atoms with van der Waals surface area (Å²) < 4.78 is 39.3. The number of halogens is 3. The molecule has 2 aromatic rings. The van der Waals surface area contributed by atoms with E-state index in [4.69, 9.17) is 0 Å². The molecule has 0 spiro atoms. The minimum Gasteiger partial charge on any atom is -0.366 e. The molecular weight excluding hydrogens is 297 g/mol. The zero-order valence-electron chi connectivity index (χ0n) is 12.1.